The molecule has 1 atom stereocenters. The molecule has 78 valence electrons. The monoisotopic (exact) mass is 265 g/mol. The fourth-order valence-electron chi connectivity index (χ4n) is 1.84. The molecule has 0 spiro atoms. The highest BCUT2D eigenvalue weighted by Gasteiger charge is 2.20. The van der Waals surface area contributed by atoms with E-state index in [-0.39, 0.29) is 6.04 Å². The Hall–Kier alpha value is -1.05. The second-order valence-corrected chi connectivity index (χ2v) is 4.63. The quantitative estimate of drug-likeness (QED) is 0.844. The summed E-state index contributed by atoms with van der Waals surface area (Å²) >= 11 is 3.48. The zero-order valence-electron chi connectivity index (χ0n) is 8.28. The molecule has 1 saturated heterocycles. The molecule has 0 saturated carbocycles. The minimum atomic E-state index is 0.271. The molecule has 1 fully saturated rings. The highest BCUT2D eigenvalue weighted by Crippen LogP contribution is 2.29. The zero-order chi connectivity index (χ0) is 10.8. The van der Waals surface area contributed by atoms with Crippen LogP contribution in [0.2, 0.25) is 0 Å². The van der Waals surface area contributed by atoms with Gasteiger partial charge in [0.05, 0.1) is 17.3 Å². The zero-order valence-corrected chi connectivity index (χ0v) is 9.87. The lowest BCUT2D eigenvalue weighted by atomic mass is 10.2. The summed E-state index contributed by atoms with van der Waals surface area (Å²) in [7, 11) is 0. The Balaban J connectivity index is 2.26. The van der Waals surface area contributed by atoms with Gasteiger partial charge in [-0.1, -0.05) is 0 Å². The van der Waals surface area contributed by atoms with Crippen molar-refractivity contribution in [1.82, 2.24) is 0 Å². The first-order chi connectivity index (χ1) is 7.20. The predicted molar refractivity (Wildman–Crippen MR) is 63.7 cm³/mol. The summed E-state index contributed by atoms with van der Waals surface area (Å²) in [5.74, 6) is 0. The average molecular weight is 266 g/mol. The van der Waals surface area contributed by atoms with Gasteiger partial charge in [0, 0.05) is 23.6 Å². The third-order valence-electron chi connectivity index (χ3n) is 2.64. The van der Waals surface area contributed by atoms with Crippen LogP contribution in [0.4, 0.5) is 5.69 Å². The fourth-order valence-corrected chi connectivity index (χ4v) is 2.47. The number of nitrogens with two attached hydrogens (primary N) is 1. The molecule has 1 aromatic carbocycles. The van der Waals surface area contributed by atoms with Crippen LogP contribution < -0.4 is 10.6 Å². The van der Waals surface area contributed by atoms with Crippen molar-refractivity contribution in [3.05, 3.63) is 28.2 Å². The summed E-state index contributed by atoms with van der Waals surface area (Å²) in [6, 6.07) is 8.05. The van der Waals surface area contributed by atoms with Gasteiger partial charge in [-0.15, -0.1) is 0 Å². The Morgan fingerprint density at radius 2 is 2.33 bits per heavy atom. The summed E-state index contributed by atoms with van der Waals surface area (Å²) in [5.41, 5.74) is 7.66. The standard InChI is InChI=1S/C11H12BrN3/c12-10-5-8(6-13)1-2-11(10)15-4-3-9(14)7-15/h1-2,5,9H,3-4,7,14H2/t9-/m1/s1. The second kappa shape index (κ2) is 4.21. The van der Waals surface area contributed by atoms with E-state index in [9.17, 15) is 0 Å². The predicted octanol–water partition coefficient (Wildman–Crippen LogP) is 1.86. The van der Waals surface area contributed by atoms with Gasteiger partial charge in [-0.3, -0.25) is 0 Å². The molecule has 2 N–H and O–H groups in total. The van der Waals surface area contributed by atoms with Gasteiger partial charge in [-0.25, -0.2) is 0 Å². The Labute approximate surface area is 97.6 Å². The molecule has 1 aromatic rings. The van der Waals surface area contributed by atoms with Crippen molar-refractivity contribution in [2.45, 2.75) is 12.5 Å². The highest BCUT2D eigenvalue weighted by molar-refractivity contribution is 9.10. The molecule has 1 aliphatic rings. The maximum Gasteiger partial charge on any atom is 0.0992 e. The highest BCUT2D eigenvalue weighted by atomic mass is 79.9. The fraction of sp³-hybridized carbons (Fsp3) is 0.364. The Morgan fingerprint density at radius 1 is 1.53 bits per heavy atom. The number of hydrogen-bond acceptors (Lipinski definition) is 3. The van der Waals surface area contributed by atoms with E-state index in [1.807, 2.05) is 18.2 Å². The Bertz CT molecular complexity index is 411. The maximum absolute atomic E-state index is 8.76. The van der Waals surface area contributed by atoms with Crippen LogP contribution in [-0.2, 0) is 0 Å². The SMILES string of the molecule is N#Cc1ccc(N2CC[C@@H](N)C2)c(Br)c1. The summed E-state index contributed by atoms with van der Waals surface area (Å²) in [6.45, 7) is 1.89. The van der Waals surface area contributed by atoms with Gasteiger partial charge in [0.15, 0.2) is 0 Å². The van der Waals surface area contributed by atoms with E-state index in [1.54, 1.807) is 0 Å². The lowest BCUT2D eigenvalue weighted by Crippen LogP contribution is -2.26. The maximum atomic E-state index is 8.76. The van der Waals surface area contributed by atoms with E-state index >= 15 is 0 Å². The average Bonchev–Trinajstić information content (AvgIpc) is 2.64. The van der Waals surface area contributed by atoms with Gasteiger partial charge >= 0.3 is 0 Å². The van der Waals surface area contributed by atoms with Crippen LogP contribution in [-0.4, -0.2) is 19.1 Å². The van der Waals surface area contributed by atoms with Gasteiger partial charge in [-0.2, -0.15) is 5.26 Å². The number of nitrogens with zero attached hydrogens (tertiary/aromatic N) is 2. The first-order valence-corrected chi connectivity index (χ1v) is 5.70. The largest absolute Gasteiger partial charge is 0.369 e. The van der Waals surface area contributed by atoms with E-state index < -0.39 is 0 Å². The van der Waals surface area contributed by atoms with Crippen molar-refractivity contribution in [2.75, 3.05) is 18.0 Å². The van der Waals surface area contributed by atoms with E-state index in [4.69, 9.17) is 11.0 Å². The molecule has 0 radical (unpaired) electrons. The minimum absolute atomic E-state index is 0.271. The van der Waals surface area contributed by atoms with E-state index in [0.717, 1.165) is 29.7 Å². The van der Waals surface area contributed by atoms with Crippen LogP contribution >= 0.6 is 15.9 Å². The molecule has 1 heterocycles. The van der Waals surface area contributed by atoms with Crippen LogP contribution in [0, 0.1) is 11.3 Å². The van der Waals surface area contributed by atoms with E-state index in [1.165, 1.54) is 0 Å². The number of hydrogen-bond donors (Lipinski definition) is 1. The molecule has 0 aromatic heterocycles. The third-order valence-corrected chi connectivity index (χ3v) is 3.28. The van der Waals surface area contributed by atoms with Gasteiger partial charge in [0.1, 0.15) is 0 Å². The van der Waals surface area contributed by atoms with Gasteiger partial charge in [0.25, 0.3) is 0 Å². The molecule has 0 unspecified atom stereocenters. The lowest BCUT2D eigenvalue weighted by Gasteiger charge is -2.19. The normalized spacial score (nSPS) is 20.3. The molecule has 4 heteroatoms. The molecule has 2 rings (SSSR count). The van der Waals surface area contributed by atoms with Gasteiger partial charge in [-0.05, 0) is 40.5 Å². The minimum Gasteiger partial charge on any atom is -0.369 e. The molecular formula is C11H12BrN3. The molecule has 0 amide bonds. The molecule has 15 heavy (non-hydrogen) atoms. The van der Waals surface area contributed by atoms with E-state index in [0.29, 0.717) is 5.56 Å². The number of benzene rings is 1. The smallest absolute Gasteiger partial charge is 0.0992 e. The van der Waals surface area contributed by atoms with Crippen molar-refractivity contribution in [2.24, 2.45) is 5.73 Å². The van der Waals surface area contributed by atoms with Gasteiger partial charge in [0.2, 0.25) is 0 Å². The molecule has 0 aliphatic carbocycles. The van der Waals surface area contributed by atoms with Crippen molar-refractivity contribution in [1.29, 1.82) is 5.26 Å². The van der Waals surface area contributed by atoms with Gasteiger partial charge < -0.3 is 10.6 Å². The first kappa shape index (κ1) is 10.5. The number of halogens is 1. The summed E-state index contributed by atoms with van der Waals surface area (Å²) < 4.78 is 0.968. The summed E-state index contributed by atoms with van der Waals surface area (Å²) in [4.78, 5) is 2.25. The number of anilines is 1. The van der Waals surface area contributed by atoms with Crippen molar-refractivity contribution in [3.8, 4) is 6.07 Å². The third kappa shape index (κ3) is 2.14. The number of rotatable bonds is 1. The van der Waals surface area contributed by atoms with Crippen LogP contribution in [0.3, 0.4) is 0 Å². The number of nitriles is 1. The molecule has 3 nitrogen and oxygen atoms in total. The summed E-state index contributed by atoms with van der Waals surface area (Å²) in [5, 5.41) is 8.76. The van der Waals surface area contributed by atoms with Crippen LogP contribution in [0.25, 0.3) is 0 Å². The molecular weight excluding hydrogens is 254 g/mol. The first-order valence-electron chi connectivity index (χ1n) is 4.91. The Kier molecular flexibility index (Phi) is 2.94. The van der Waals surface area contributed by atoms with Crippen LogP contribution in [0.15, 0.2) is 22.7 Å². The van der Waals surface area contributed by atoms with Crippen molar-refractivity contribution in [3.63, 3.8) is 0 Å². The molecule has 1 aliphatic heterocycles. The van der Waals surface area contributed by atoms with Crippen molar-refractivity contribution >= 4 is 21.6 Å². The summed E-state index contributed by atoms with van der Waals surface area (Å²) in [6.07, 6.45) is 1.03. The lowest BCUT2D eigenvalue weighted by molar-refractivity contribution is 0.752. The topological polar surface area (TPSA) is 53.0 Å². The molecule has 0 bridgehead atoms. The van der Waals surface area contributed by atoms with Crippen LogP contribution in [0.5, 0.6) is 0 Å². The van der Waals surface area contributed by atoms with E-state index in [2.05, 4.69) is 26.9 Å². The second-order valence-electron chi connectivity index (χ2n) is 3.77. The van der Waals surface area contributed by atoms with Crippen LogP contribution in [0.1, 0.15) is 12.0 Å². The van der Waals surface area contributed by atoms with Crippen molar-refractivity contribution < 1.29 is 0 Å². The Morgan fingerprint density at radius 3 is 2.87 bits per heavy atom.